The van der Waals surface area contributed by atoms with Gasteiger partial charge in [-0.2, -0.15) is 0 Å². The molecule has 9 aliphatic rings. The Labute approximate surface area is 557 Å². The maximum Gasteiger partial charge on any atom is 0.255 e. The Morgan fingerprint density at radius 1 is 0.505 bits per heavy atom. The molecule has 0 aliphatic heterocycles. The highest BCUT2D eigenvalue weighted by molar-refractivity contribution is 6.26. The van der Waals surface area contributed by atoms with Crippen LogP contribution in [0.25, 0.3) is 17.3 Å². The molecule has 27 heteroatoms. The minimum Gasteiger partial charge on any atom is -0.510 e. The van der Waals surface area contributed by atoms with Crippen molar-refractivity contribution in [1.29, 1.82) is 0 Å². The maximum absolute atomic E-state index is 13.9. The molecule has 3 aromatic carbocycles. The zero-order chi connectivity index (χ0) is 72.3. The number of nitrogens with zero attached hydrogens (tertiary/aromatic N) is 4. The van der Waals surface area contributed by atoms with Gasteiger partial charge in [-0.25, -0.2) is 0 Å². The normalized spacial score (nSPS) is 32.6. The van der Waals surface area contributed by atoms with Gasteiger partial charge in [-0.1, -0.05) is 31.2 Å². The number of benzene rings is 3. The molecule has 12 rings (SSSR count). The van der Waals surface area contributed by atoms with Crippen LogP contribution in [-0.4, -0.2) is 204 Å². The summed E-state index contributed by atoms with van der Waals surface area (Å²) in [5, 5.41) is 121. The summed E-state index contributed by atoms with van der Waals surface area (Å²) in [4.78, 5) is 124. The quantitative estimate of drug-likeness (QED) is 0.151. The largest absolute Gasteiger partial charge is 0.510 e. The number of aliphatic hydroxyl groups excluding tert-OH is 7. The van der Waals surface area contributed by atoms with Gasteiger partial charge in [0.05, 0.1) is 62.8 Å². The highest BCUT2D eigenvalue weighted by Gasteiger charge is 2.68. The Hall–Kier alpha value is -9.67. The maximum atomic E-state index is 13.9. The first-order valence-corrected chi connectivity index (χ1v) is 31.3. The Morgan fingerprint density at radius 3 is 1.40 bits per heavy atom. The molecule has 0 heterocycles. The molecule has 97 heavy (non-hydrogen) atoms. The van der Waals surface area contributed by atoms with Gasteiger partial charge in [-0.15, -0.1) is 0 Å². The number of Topliss-reactive ketones (excluding diaryl/α,β-unsaturated/α-hetero) is 6. The molecule has 17 N–H and O–H groups in total. The third-order valence-electron chi connectivity index (χ3n) is 22.4. The fourth-order valence-electron chi connectivity index (χ4n) is 17.6. The van der Waals surface area contributed by atoms with Crippen LogP contribution in [0.15, 0.2) is 99.2 Å². The summed E-state index contributed by atoms with van der Waals surface area (Å²) in [6.07, 6.45) is -0.604. The van der Waals surface area contributed by atoms with E-state index in [2.05, 4.69) is 0 Å². The molecule has 3 fully saturated rings. The minimum absolute atomic E-state index is 0.0500. The average molecular weight is 1340 g/mol. The van der Waals surface area contributed by atoms with Crippen molar-refractivity contribution in [2.24, 2.45) is 69.0 Å². The Bertz CT molecular complexity index is 4280. The number of nitrogens with two attached hydrogens (primary N) is 3. The van der Waals surface area contributed by atoms with Crippen molar-refractivity contribution in [3.8, 4) is 17.2 Å². The number of allylic oxidation sites excluding steroid dienone is 4. The van der Waals surface area contributed by atoms with Crippen molar-refractivity contribution >= 4 is 75.4 Å². The van der Waals surface area contributed by atoms with Crippen LogP contribution in [0.1, 0.15) is 86.8 Å². The number of primary amides is 3. The molecule has 3 saturated carbocycles. The molecule has 27 nitrogen and oxygen atoms in total. The number of fused-ring (bicyclic) bond motifs is 9. The SMILES string of the molecule is CN(C)[C@@H]1C(=O)C(C(N)=O)=C(O)[C@@]2(C)C(=O)C3=C(O)c4c(O)cccc4[C@@](C)(O)[C@H]3C[C@@H]12.CN(C)c1ccc(O)c2c1C[C@H]1C[C@H]3[C@H](N(C)C)C(=O)C(C(N)=O)=C(O)[C@@]3(C)C(=O)C1=C2O.C[C@H]1c2cccc(O)c2C(O)=C2C(=O)[C@]3(C)C(O)=C(C(N)=O)C(=O)[C@@H](N(C)C)[C@@H]3[C@@H](O)[C@@H]21. The highest BCUT2D eigenvalue weighted by Crippen LogP contribution is 2.63. The second kappa shape index (κ2) is 23.6. The van der Waals surface area contributed by atoms with E-state index >= 15 is 0 Å². The van der Waals surface area contributed by atoms with E-state index in [0.29, 0.717) is 24.0 Å². The van der Waals surface area contributed by atoms with Gasteiger partial charge in [0.15, 0.2) is 34.7 Å². The van der Waals surface area contributed by atoms with Crippen molar-refractivity contribution in [1.82, 2.24) is 14.7 Å². The lowest BCUT2D eigenvalue weighted by Crippen LogP contribution is -2.66. The Morgan fingerprint density at radius 2 is 0.918 bits per heavy atom. The van der Waals surface area contributed by atoms with E-state index < -0.39 is 185 Å². The van der Waals surface area contributed by atoms with Crippen LogP contribution in [0, 0.1) is 51.8 Å². The van der Waals surface area contributed by atoms with Crippen LogP contribution in [0.2, 0.25) is 0 Å². The molecule has 0 bridgehead atoms. The lowest BCUT2D eigenvalue weighted by molar-refractivity contribution is -0.151. The summed E-state index contributed by atoms with van der Waals surface area (Å²) >= 11 is 0. The third kappa shape index (κ3) is 9.57. The summed E-state index contributed by atoms with van der Waals surface area (Å²) in [5.41, 5.74) is 9.65. The number of hydrogen-bond acceptors (Lipinski definition) is 24. The summed E-state index contributed by atoms with van der Waals surface area (Å²) < 4.78 is 0. The zero-order valence-electron chi connectivity index (χ0n) is 55.7. The minimum atomic E-state index is -1.89. The number of amides is 3. The van der Waals surface area contributed by atoms with E-state index in [1.54, 1.807) is 83.3 Å². The fourth-order valence-corrected chi connectivity index (χ4v) is 17.6. The molecule has 9 aliphatic carbocycles. The summed E-state index contributed by atoms with van der Waals surface area (Å²) in [7, 11) is 13.4. The molecule has 516 valence electrons. The number of rotatable bonds is 7. The number of hydrogen-bond donors (Lipinski definition) is 14. The zero-order valence-corrected chi connectivity index (χ0v) is 55.7. The van der Waals surface area contributed by atoms with Gasteiger partial charge in [0.1, 0.15) is 68.5 Å². The van der Waals surface area contributed by atoms with Gasteiger partial charge in [0.25, 0.3) is 17.7 Å². The lowest BCUT2D eigenvalue weighted by Gasteiger charge is -2.55. The number of ketones is 6. The van der Waals surface area contributed by atoms with E-state index in [1.165, 1.54) is 56.9 Å². The van der Waals surface area contributed by atoms with Crippen LogP contribution in [0.4, 0.5) is 5.69 Å². The van der Waals surface area contributed by atoms with Crippen LogP contribution >= 0.6 is 0 Å². The fraction of sp³-hybridized carbons (Fsp3) is 0.443. The van der Waals surface area contributed by atoms with Crippen LogP contribution < -0.4 is 22.1 Å². The Balaban J connectivity index is 0.000000158. The van der Waals surface area contributed by atoms with Gasteiger partial charge in [-0.05, 0) is 142 Å². The molecule has 0 unspecified atom stereocenters. The van der Waals surface area contributed by atoms with Crippen molar-refractivity contribution < 1.29 is 99.3 Å². The third-order valence-corrected chi connectivity index (χ3v) is 22.4. The molecule has 3 amide bonds. The average Bonchev–Trinajstić information content (AvgIpc) is 0.703. The number of likely N-dealkylation sites (N-methyl/N-ethyl adjacent to an activating group) is 3. The predicted octanol–water partition coefficient (Wildman–Crippen LogP) is 2.98. The second-order valence-electron chi connectivity index (χ2n) is 28.4. The smallest absolute Gasteiger partial charge is 0.255 e. The first kappa shape index (κ1) is 70.1. The number of carbonyl (C=O) groups is 9. The molecular formula is C70H81N7O20. The van der Waals surface area contributed by atoms with E-state index in [-0.39, 0.29) is 68.4 Å². The van der Waals surface area contributed by atoms with E-state index in [4.69, 9.17) is 17.2 Å². The number of aliphatic hydroxyl groups is 8. The van der Waals surface area contributed by atoms with Crippen LogP contribution in [0.5, 0.6) is 17.2 Å². The number of anilines is 1. The molecule has 0 spiro atoms. The van der Waals surface area contributed by atoms with Gasteiger partial charge in [-0.3, -0.25) is 57.9 Å². The van der Waals surface area contributed by atoms with Gasteiger partial charge in [0, 0.05) is 66.1 Å². The lowest BCUT2D eigenvalue weighted by atomic mass is 9.50. The summed E-state index contributed by atoms with van der Waals surface area (Å²) in [6.45, 7) is 7.48. The first-order chi connectivity index (χ1) is 45.0. The first-order valence-electron chi connectivity index (χ1n) is 31.3. The van der Waals surface area contributed by atoms with Crippen LogP contribution in [0.3, 0.4) is 0 Å². The van der Waals surface area contributed by atoms with Crippen LogP contribution in [-0.2, 0) is 55.2 Å². The predicted molar refractivity (Wildman–Crippen MR) is 349 cm³/mol. The second-order valence-corrected chi connectivity index (χ2v) is 28.4. The van der Waals surface area contributed by atoms with E-state index in [9.17, 15) is 99.3 Å². The molecule has 3 aromatic rings. The number of phenols is 3. The Kier molecular flexibility index (Phi) is 17.0. The van der Waals surface area contributed by atoms with Crippen molar-refractivity contribution in [2.75, 3.05) is 61.3 Å². The molecule has 15 atom stereocenters. The monoisotopic (exact) mass is 1340 g/mol. The van der Waals surface area contributed by atoms with E-state index in [1.807, 2.05) is 19.0 Å². The molecule has 0 radical (unpaired) electrons. The standard InChI is InChI=1S/C24H29N3O6.2C23H26N2O7/c1-24-12(18(27(4)5)20(30)17(22(24)32)23(25)33)9-10-8-11-13(26(2)3)6-7-14(28)16(11)19(29)15(10)21(24)31;1-22-11(16(25(3)4)18(28)15(20(22)30)21(24)31)8-10-14(19(22)29)17(27)13-9(23(10,2)32)6-5-7-12(13)26;1-8-9-6-5-7-10(26)12(9)17(27)13-11(8)18(28)15-16(25(3)4)19(29)14(22(24)32)21(31)23(15,2)20(13)30/h6-7,10,12,18,28-29,32H,8-9H2,1-5H3,(H2,25,33);5-7,10-11,16,26-27,30,32H,8H2,1-4H3,(H2,24,31);5-8,11,15-16,18,26-28,31H,1-4H3,(H2,24,32)/t10-,12-,18-,24+;10-,11-,16-,22+,23+;8-,11+,15+,16-,18-,23+/m000/s1. The highest BCUT2D eigenvalue weighted by atomic mass is 16.3. The van der Waals surface area contributed by atoms with Gasteiger partial charge < -0.3 is 78.3 Å². The summed E-state index contributed by atoms with van der Waals surface area (Å²) in [6, 6.07) is 9.36. The number of phenolic OH excluding ortho intramolecular Hbond substituents is 3. The molecular weight excluding hydrogens is 1260 g/mol. The molecule has 0 aromatic heterocycles. The van der Waals surface area contributed by atoms with Gasteiger partial charge in [0.2, 0.25) is 0 Å². The van der Waals surface area contributed by atoms with Crippen molar-refractivity contribution in [3.05, 3.63) is 133 Å². The number of aromatic hydroxyl groups is 3. The van der Waals surface area contributed by atoms with Gasteiger partial charge >= 0.3 is 0 Å². The van der Waals surface area contributed by atoms with E-state index in [0.717, 1.165) is 5.69 Å². The topological polar surface area (TPSA) is 467 Å². The summed E-state index contributed by atoms with van der Waals surface area (Å²) in [5.74, 6) is -17.0. The van der Waals surface area contributed by atoms with Crippen molar-refractivity contribution in [2.45, 2.75) is 89.6 Å². The number of carbonyl (C=O) groups excluding carboxylic acids is 9. The van der Waals surface area contributed by atoms with Crippen molar-refractivity contribution in [3.63, 3.8) is 0 Å². The molecule has 0 saturated heterocycles.